The summed E-state index contributed by atoms with van der Waals surface area (Å²) in [5, 5.41) is 0. The summed E-state index contributed by atoms with van der Waals surface area (Å²) in [5.74, 6) is 1.13. The Morgan fingerprint density at radius 2 is 1.72 bits per heavy atom. The molecule has 1 heterocycles. The number of unbranched alkanes of at least 4 members (excludes halogenated alkanes) is 4. The molecule has 0 aromatic carbocycles. The van der Waals surface area contributed by atoms with Crippen molar-refractivity contribution < 1.29 is 9.15 Å². The van der Waals surface area contributed by atoms with Gasteiger partial charge in [0.2, 0.25) is 0 Å². The predicted octanol–water partition coefficient (Wildman–Crippen LogP) is 3.78. The molecular formula is C15H24O3. The topological polar surface area (TPSA) is 39.4 Å². The third-order valence-electron chi connectivity index (χ3n) is 3.31. The molecular weight excluding hydrogens is 228 g/mol. The Balaban J connectivity index is 2.71. The first-order valence-corrected chi connectivity index (χ1v) is 6.79. The lowest BCUT2D eigenvalue weighted by atomic mass is 10.1. The minimum Gasteiger partial charge on any atom is -0.468 e. The van der Waals surface area contributed by atoms with E-state index in [-0.39, 0.29) is 5.43 Å². The fraction of sp³-hybridized carbons (Fsp3) is 0.667. The first-order valence-electron chi connectivity index (χ1n) is 6.79. The maximum atomic E-state index is 12.0. The van der Waals surface area contributed by atoms with Gasteiger partial charge in [-0.15, -0.1) is 0 Å². The van der Waals surface area contributed by atoms with Crippen molar-refractivity contribution in [1.82, 2.24) is 0 Å². The molecule has 0 N–H and O–H groups in total. The number of rotatable bonds is 7. The second-order valence-corrected chi connectivity index (χ2v) is 4.76. The molecule has 1 aromatic rings. The number of hydrogen-bond donors (Lipinski definition) is 0. The summed E-state index contributed by atoms with van der Waals surface area (Å²) < 4.78 is 10.8. The number of ether oxygens (including phenoxy) is 1. The molecule has 0 amide bonds. The molecule has 0 unspecified atom stereocenters. The van der Waals surface area contributed by atoms with E-state index in [2.05, 4.69) is 6.92 Å². The second-order valence-electron chi connectivity index (χ2n) is 4.76. The lowest BCUT2D eigenvalue weighted by Crippen LogP contribution is -2.13. The first-order chi connectivity index (χ1) is 8.61. The van der Waals surface area contributed by atoms with Crippen LogP contribution < -0.4 is 10.2 Å². The van der Waals surface area contributed by atoms with Gasteiger partial charge in [-0.05, 0) is 20.3 Å². The van der Waals surface area contributed by atoms with Gasteiger partial charge in [-0.2, -0.15) is 0 Å². The van der Waals surface area contributed by atoms with E-state index in [1.54, 1.807) is 6.92 Å². The van der Waals surface area contributed by atoms with Crippen molar-refractivity contribution in [1.29, 1.82) is 0 Å². The number of methoxy groups -OCH3 is 1. The van der Waals surface area contributed by atoms with Crippen LogP contribution in [0.1, 0.15) is 55.9 Å². The van der Waals surface area contributed by atoms with Crippen LogP contribution in [-0.2, 0) is 6.42 Å². The van der Waals surface area contributed by atoms with Crippen molar-refractivity contribution in [2.24, 2.45) is 0 Å². The molecule has 1 rings (SSSR count). The first kappa shape index (κ1) is 14.8. The average molecular weight is 252 g/mol. The third-order valence-corrected chi connectivity index (χ3v) is 3.31. The Hall–Kier alpha value is -1.25. The minimum atomic E-state index is 0.0432. The molecule has 0 saturated carbocycles. The van der Waals surface area contributed by atoms with Crippen LogP contribution in [0.25, 0.3) is 0 Å². The molecule has 0 aliphatic heterocycles. The van der Waals surface area contributed by atoms with Gasteiger partial charge in [0.15, 0.2) is 5.43 Å². The molecule has 0 fully saturated rings. The minimum absolute atomic E-state index is 0.0432. The van der Waals surface area contributed by atoms with Crippen LogP contribution in [0.2, 0.25) is 0 Å². The summed E-state index contributed by atoms with van der Waals surface area (Å²) in [4.78, 5) is 12.0. The Bertz CT molecular complexity index is 432. The number of hydrogen-bond acceptors (Lipinski definition) is 3. The van der Waals surface area contributed by atoms with Crippen molar-refractivity contribution in [2.75, 3.05) is 7.11 Å². The summed E-state index contributed by atoms with van der Waals surface area (Å²) in [7, 11) is 1.53. The van der Waals surface area contributed by atoms with Crippen molar-refractivity contribution in [3.05, 3.63) is 27.1 Å². The fourth-order valence-corrected chi connectivity index (χ4v) is 2.09. The van der Waals surface area contributed by atoms with Crippen molar-refractivity contribution >= 4 is 0 Å². The highest BCUT2D eigenvalue weighted by molar-refractivity contribution is 5.29. The van der Waals surface area contributed by atoms with Crippen molar-refractivity contribution in [3.8, 4) is 5.95 Å². The maximum absolute atomic E-state index is 12.0. The smallest absolute Gasteiger partial charge is 0.291 e. The van der Waals surface area contributed by atoms with Crippen LogP contribution in [0.4, 0.5) is 0 Å². The molecule has 3 heteroatoms. The summed E-state index contributed by atoms with van der Waals surface area (Å²) in [6.45, 7) is 5.77. The lowest BCUT2D eigenvalue weighted by Gasteiger charge is -2.09. The Kier molecular flexibility index (Phi) is 5.96. The molecule has 0 spiro atoms. The quantitative estimate of drug-likeness (QED) is 0.693. The molecule has 18 heavy (non-hydrogen) atoms. The highest BCUT2D eigenvalue weighted by Crippen LogP contribution is 2.20. The largest absolute Gasteiger partial charge is 0.468 e. The fourth-order valence-electron chi connectivity index (χ4n) is 2.09. The van der Waals surface area contributed by atoms with Crippen molar-refractivity contribution in [3.63, 3.8) is 0 Å². The van der Waals surface area contributed by atoms with Gasteiger partial charge in [-0.3, -0.25) is 4.79 Å². The summed E-state index contributed by atoms with van der Waals surface area (Å²) in [5.41, 5.74) is 1.33. The van der Waals surface area contributed by atoms with E-state index in [1.807, 2.05) is 6.92 Å². The van der Waals surface area contributed by atoms with Crippen LogP contribution in [0.3, 0.4) is 0 Å². The van der Waals surface area contributed by atoms with Gasteiger partial charge in [0.05, 0.1) is 12.7 Å². The average Bonchev–Trinajstić information content (AvgIpc) is 2.38. The van der Waals surface area contributed by atoms with Gasteiger partial charge in [0.25, 0.3) is 5.95 Å². The van der Waals surface area contributed by atoms with Gasteiger partial charge in [-0.1, -0.05) is 32.6 Å². The zero-order chi connectivity index (χ0) is 13.5. The molecule has 0 bridgehead atoms. The van der Waals surface area contributed by atoms with Gasteiger partial charge >= 0.3 is 0 Å². The Morgan fingerprint density at radius 1 is 1.06 bits per heavy atom. The standard InChI is InChI=1S/C15H24O3/c1-5-6-7-8-9-10-13-11(2)14(16)12(3)15(17-4)18-13/h5-10H2,1-4H3. The van der Waals surface area contributed by atoms with E-state index < -0.39 is 0 Å². The molecule has 0 aliphatic rings. The van der Waals surface area contributed by atoms with E-state index in [0.717, 1.165) is 24.2 Å². The van der Waals surface area contributed by atoms with E-state index in [4.69, 9.17) is 9.15 Å². The van der Waals surface area contributed by atoms with Crippen LogP contribution in [0, 0.1) is 13.8 Å². The lowest BCUT2D eigenvalue weighted by molar-refractivity contribution is 0.277. The summed E-state index contributed by atoms with van der Waals surface area (Å²) >= 11 is 0. The van der Waals surface area contributed by atoms with Crippen molar-refractivity contribution in [2.45, 2.75) is 59.3 Å². The van der Waals surface area contributed by atoms with E-state index in [9.17, 15) is 4.79 Å². The monoisotopic (exact) mass is 252 g/mol. The summed E-state index contributed by atoms with van der Waals surface area (Å²) in [6.07, 6.45) is 6.85. The van der Waals surface area contributed by atoms with E-state index in [1.165, 1.54) is 32.8 Å². The normalized spacial score (nSPS) is 10.7. The maximum Gasteiger partial charge on any atom is 0.291 e. The molecule has 0 radical (unpaired) electrons. The molecule has 0 saturated heterocycles. The highest BCUT2D eigenvalue weighted by atomic mass is 16.6. The van der Waals surface area contributed by atoms with Crippen LogP contribution in [0.15, 0.2) is 9.21 Å². The molecule has 0 aliphatic carbocycles. The van der Waals surface area contributed by atoms with Crippen LogP contribution in [0.5, 0.6) is 5.95 Å². The second kappa shape index (κ2) is 7.24. The molecule has 102 valence electrons. The Morgan fingerprint density at radius 3 is 2.33 bits per heavy atom. The van der Waals surface area contributed by atoms with Gasteiger partial charge in [0.1, 0.15) is 5.76 Å². The van der Waals surface area contributed by atoms with Crippen LogP contribution in [-0.4, -0.2) is 7.11 Å². The predicted molar refractivity (Wildman–Crippen MR) is 73.5 cm³/mol. The molecule has 1 aromatic heterocycles. The van der Waals surface area contributed by atoms with E-state index >= 15 is 0 Å². The summed E-state index contributed by atoms with van der Waals surface area (Å²) in [6, 6.07) is 0. The molecule has 3 nitrogen and oxygen atoms in total. The number of aryl methyl sites for hydroxylation is 1. The highest BCUT2D eigenvalue weighted by Gasteiger charge is 2.13. The van der Waals surface area contributed by atoms with E-state index in [0.29, 0.717) is 11.5 Å². The Labute approximate surface area is 109 Å². The van der Waals surface area contributed by atoms with Gasteiger partial charge in [-0.25, -0.2) is 0 Å². The third kappa shape index (κ3) is 3.62. The zero-order valence-electron chi connectivity index (χ0n) is 12.0. The zero-order valence-corrected chi connectivity index (χ0v) is 12.0. The van der Waals surface area contributed by atoms with Gasteiger partial charge in [0, 0.05) is 12.0 Å². The SMILES string of the molecule is CCCCCCCc1oc(OC)c(C)c(=O)c1C. The molecule has 0 atom stereocenters. The van der Waals surface area contributed by atoms with Gasteiger partial charge < -0.3 is 9.15 Å². The van der Waals surface area contributed by atoms with Crippen LogP contribution >= 0.6 is 0 Å².